The lowest BCUT2D eigenvalue weighted by Gasteiger charge is -2.30. The van der Waals surface area contributed by atoms with E-state index in [1.807, 2.05) is 6.92 Å². The van der Waals surface area contributed by atoms with E-state index >= 15 is 0 Å². The van der Waals surface area contributed by atoms with Crippen LogP contribution in [0.1, 0.15) is 33.6 Å². The molecular weight excluding hydrogens is 272 g/mol. The number of nitrogen functional groups attached to an aromatic ring is 1. The van der Waals surface area contributed by atoms with Gasteiger partial charge in [-0.2, -0.15) is 15.0 Å². The van der Waals surface area contributed by atoms with E-state index < -0.39 is 0 Å². The van der Waals surface area contributed by atoms with Gasteiger partial charge in [0, 0.05) is 19.7 Å². The zero-order valence-electron chi connectivity index (χ0n) is 13.3. The Labute approximate surface area is 126 Å². The lowest BCUT2D eigenvalue weighted by Crippen LogP contribution is -2.38. The summed E-state index contributed by atoms with van der Waals surface area (Å²) in [6.45, 7) is 7.93. The first-order valence-electron chi connectivity index (χ1n) is 7.31. The molecule has 120 valence electrons. The van der Waals surface area contributed by atoms with Crippen molar-refractivity contribution in [2.24, 2.45) is 5.84 Å². The highest BCUT2D eigenvalue weighted by atomic mass is 16.5. The summed E-state index contributed by atoms with van der Waals surface area (Å²) in [6.07, 6.45) is 1.97. The van der Waals surface area contributed by atoms with E-state index in [9.17, 15) is 0 Å². The molecule has 0 saturated carbocycles. The molecule has 1 rings (SSSR count). The van der Waals surface area contributed by atoms with Crippen molar-refractivity contribution >= 4 is 11.9 Å². The summed E-state index contributed by atoms with van der Waals surface area (Å²) in [5.41, 5.74) is 2.45. The number of hydrogen-bond acceptors (Lipinski definition) is 8. The number of ether oxygens (including phenoxy) is 2. The van der Waals surface area contributed by atoms with Crippen molar-refractivity contribution in [1.29, 1.82) is 0 Å². The van der Waals surface area contributed by atoms with Crippen LogP contribution in [0.2, 0.25) is 0 Å². The fraction of sp³-hybridized carbons (Fsp3) is 0.769. The Morgan fingerprint density at radius 2 is 1.90 bits per heavy atom. The molecular formula is C13H26N6O2. The molecule has 1 aromatic rings. The van der Waals surface area contributed by atoms with Crippen LogP contribution in [0.5, 0.6) is 6.01 Å². The number of hydrogen-bond donors (Lipinski definition) is 2. The molecule has 1 heterocycles. The Hall–Kier alpha value is -1.67. The van der Waals surface area contributed by atoms with Crippen LogP contribution >= 0.6 is 0 Å². The average Bonchev–Trinajstić information content (AvgIpc) is 2.51. The Morgan fingerprint density at radius 3 is 2.43 bits per heavy atom. The Kier molecular flexibility index (Phi) is 7.70. The summed E-state index contributed by atoms with van der Waals surface area (Å²) >= 11 is 0. The topological polar surface area (TPSA) is 98.4 Å². The highest BCUT2D eigenvalue weighted by Crippen LogP contribution is 2.19. The SMILES string of the molecule is CCOc1nc(NN)nc(N(CCOC)C(CC)CC)n1. The Balaban J connectivity index is 3.11. The van der Waals surface area contributed by atoms with E-state index in [0.29, 0.717) is 31.7 Å². The standard InChI is InChI=1S/C13H26N6O2/c1-5-10(6-2)19(8-9-20-4)12-15-11(18-14)16-13(17-12)21-7-3/h10H,5-9,14H2,1-4H3,(H,15,16,17,18). The van der Waals surface area contributed by atoms with Gasteiger partial charge in [-0.1, -0.05) is 13.8 Å². The summed E-state index contributed by atoms with van der Waals surface area (Å²) in [7, 11) is 1.68. The molecule has 8 nitrogen and oxygen atoms in total. The monoisotopic (exact) mass is 298 g/mol. The van der Waals surface area contributed by atoms with Crippen molar-refractivity contribution < 1.29 is 9.47 Å². The fourth-order valence-corrected chi connectivity index (χ4v) is 2.10. The molecule has 0 aliphatic carbocycles. The number of aromatic nitrogens is 3. The number of anilines is 2. The van der Waals surface area contributed by atoms with Gasteiger partial charge in [0.15, 0.2) is 0 Å². The summed E-state index contributed by atoms with van der Waals surface area (Å²) in [4.78, 5) is 14.9. The second-order valence-corrected chi connectivity index (χ2v) is 4.48. The Morgan fingerprint density at radius 1 is 1.19 bits per heavy atom. The van der Waals surface area contributed by atoms with Crippen LogP contribution in [0.25, 0.3) is 0 Å². The molecule has 21 heavy (non-hydrogen) atoms. The predicted octanol–water partition coefficient (Wildman–Crippen LogP) is 1.20. The molecule has 8 heteroatoms. The molecule has 0 fully saturated rings. The van der Waals surface area contributed by atoms with Crippen molar-refractivity contribution in [3.8, 4) is 6.01 Å². The maximum atomic E-state index is 5.42. The third kappa shape index (κ3) is 4.98. The average molecular weight is 298 g/mol. The van der Waals surface area contributed by atoms with Gasteiger partial charge in [-0.05, 0) is 19.8 Å². The van der Waals surface area contributed by atoms with Crippen LogP contribution in [0.4, 0.5) is 11.9 Å². The summed E-state index contributed by atoms with van der Waals surface area (Å²) in [5.74, 6) is 6.26. The first kappa shape index (κ1) is 17.4. The zero-order valence-corrected chi connectivity index (χ0v) is 13.3. The van der Waals surface area contributed by atoms with Gasteiger partial charge in [-0.3, -0.25) is 5.43 Å². The molecule has 0 amide bonds. The van der Waals surface area contributed by atoms with E-state index in [1.165, 1.54) is 0 Å². The van der Waals surface area contributed by atoms with Crippen molar-refractivity contribution in [2.75, 3.05) is 37.2 Å². The number of nitrogens with one attached hydrogen (secondary N) is 1. The fourth-order valence-electron chi connectivity index (χ4n) is 2.10. The number of methoxy groups -OCH3 is 1. The molecule has 1 aromatic heterocycles. The lowest BCUT2D eigenvalue weighted by molar-refractivity contribution is 0.202. The number of hydrazine groups is 1. The van der Waals surface area contributed by atoms with Crippen molar-refractivity contribution in [3.63, 3.8) is 0 Å². The zero-order chi connectivity index (χ0) is 15.7. The largest absolute Gasteiger partial charge is 0.464 e. The smallest absolute Gasteiger partial charge is 0.323 e. The maximum absolute atomic E-state index is 5.42. The maximum Gasteiger partial charge on any atom is 0.323 e. The van der Waals surface area contributed by atoms with Gasteiger partial charge in [0.2, 0.25) is 11.9 Å². The predicted molar refractivity (Wildman–Crippen MR) is 82.4 cm³/mol. The van der Waals surface area contributed by atoms with E-state index in [0.717, 1.165) is 12.8 Å². The molecule has 0 spiro atoms. The van der Waals surface area contributed by atoms with E-state index in [-0.39, 0.29) is 12.0 Å². The van der Waals surface area contributed by atoms with Gasteiger partial charge in [0.1, 0.15) is 0 Å². The molecule has 3 N–H and O–H groups in total. The molecule has 0 unspecified atom stereocenters. The van der Waals surface area contributed by atoms with Crippen LogP contribution in [-0.2, 0) is 4.74 Å². The first-order valence-corrected chi connectivity index (χ1v) is 7.31. The van der Waals surface area contributed by atoms with Crippen molar-refractivity contribution in [3.05, 3.63) is 0 Å². The third-order valence-corrected chi connectivity index (χ3v) is 3.18. The lowest BCUT2D eigenvalue weighted by atomic mass is 10.1. The molecule has 0 bridgehead atoms. The van der Waals surface area contributed by atoms with Crippen LogP contribution in [0.3, 0.4) is 0 Å². The molecule has 0 aromatic carbocycles. The van der Waals surface area contributed by atoms with Crippen LogP contribution in [0, 0.1) is 0 Å². The summed E-state index contributed by atoms with van der Waals surface area (Å²) in [5, 5.41) is 0. The highest BCUT2D eigenvalue weighted by Gasteiger charge is 2.20. The minimum absolute atomic E-state index is 0.267. The van der Waals surface area contributed by atoms with Gasteiger partial charge >= 0.3 is 6.01 Å². The van der Waals surface area contributed by atoms with Gasteiger partial charge in [-0.25, -0.2) is 5.84 Å². The Bertz CT molecular complexity index is 414. The summed E-state index contributed by atoms with van der Waals surface area (Å²) < 4.78 is 10.6. The quantitative estimate of drug-likeness (QED) is 0.491. The highest BCUT2D eigenvalue weighted by molar-refractivity contribution is 5.38. The van der Waals surface area contributed by atoms with Crippen molar-refractivity contribution in [2.45, 2.75) is 39.7 Å². The number of nitrogens with two attached hydrogens (primary N) is 1. The van der Waals surface area contributed by atoms with E-state index in [2.05, 4.69) is 39.1 Å². The normalized spacial score (nSPS) is 10.8. The van der Waals surface area contributed by atoms with Gasteiger partial charge in [0.25, 0.3) is 0 Å². The van der Waals surface area contributed by atoms with E-state index in [1.54, 1.807) is 7.11 Å². The van der Waals surface area contributed by atoms with Gasteiger partial charge in [0.05, 0.1) is 13.2 Å². The van der Waals surface area contributed by atoms with Crippen LogP contribution < -0.4 is 20.9 Å². The molecule has 0 atom stereocenters. The van der Waals surface area contributed by atoms with Crippen molar-refractivity contribution in [1.82, 2.24) is 15.0 Å². The number of rotatable bonds is 10. The van der Waals surface area contributed by atoms with Crippen LogP contribution in [-0.4, -0.2) is 47.9 Å². The van der Waals surface area contributed by atoms with Gasteiger partial charge in [-0.15, -0.1) is 0 Å². The second kappa shape index (κ2) is 9.30. The molecule has 0 aliphatic rings. The summed E-state index contributed by atoms with van der Waals surface area (Å²) in [6, 6.07) is 0.589. The minimum atomic E-state index is 0.267. The van der Waals surface area contributed by atoms with E-state index in [4.69, 9.17) is 15.3 Å². The molecule has 0 aliphatic heterocycles. The first-order chi connectivity index (χ1) is 10.2. The third-order valence-electron chi connectivity index (χ3n) is 3.18. The van der Waals surface area contributed by atoms with Crippen LogP contribution in [0.15, 0.2) is 0 Å². The molecule has 0 radical (unpaired) electrons. The second-order valence-electron chi connectivity index (χ2n) is 4.48. The van der Waals surface area contributed by atoms with Gasteiger partial charge < -0.3 is 14.4 Å². The minimum Gasteiger partial charge on any atom is -0.464 e. The number of nitrogens with zero attached hydrogens (tertiary/aromatic N) is 4. The molecule has 0 saturated heterocycles.